The smallest absolute Gasteiger partial charge is 0.136 e. The van der Waals surface area contributed by atoms with Crippen LogP contribution in [0.5, 0.6) is 0 Å². The highest BCUT2D eigenvalue weighted by Gasteiger charge is 2.21. The van der Waals surface area contributed by atoms with Crippen molar-refractivity contribution in [2.24, 2.45) is 4.99 Å². The standard InChI is InChI=1S/C48H32N2O/c49-42(37-22-10-11-23-38(37)45-29-35-20-8-14-26-44(35)51-45)30-43(50-31-32-15-3-1-4-16-32)47-40-25-13-12-24-39(40)46(34-18-5-2-6-19-34)48-36-21-9-7-17-33(36)27-28-41(47)48/h1-31,49H/b43-30-,49-42?,50-31?. The monoisotopic (exact) mass is 652 g/mol. The molecule has 51 heavy (non-hydrogen) atoms. The third-order valence-electron chi connectivity index (χ3n) is 9.57. The molecule has 3 heteroatoms. The van der Waals surface area contributed by atoms with E-state index in [9.17, 15) is 5.41 Å². The van der Waals surface area contributed by atoms with Gasteiger partial charge in [0.25, 0.3) is 0 Å². The molecule has 0 atom stereocenters. The van der Waals surface area contributed by atoms with E-state index < -0.39 is 0 Å². The molecule has 9 rings (SSSR count). The molecule has 1 N–H and O–H groups in total. The van der Waals surface area contributed by atoms with Gasteiger partial charge < -0.3 is 9.83 Å². The fraction of sp³-hybridized carbons (Fsp3) is 0. The lowest BCUT2D eigenvalue weighted by Crippen LogP contribution is -2.01. The van der Waals surface area contributed by atoms with Crippen LogP contribution in [0.1, 0.15) is 16.7 Å². The van der Waals surface area contributed by atoms with Gasteiger partial charge in [0.15, 0.2) is 0 Å². The van der Waals surface area contributed by atoms with Crippen LogP contribution in [0.2, 0.25) is 0 Å². The number of furan rings is 1. The maximum atomic E-state index is 9.65. The number of para-hydroxylation sites is 1. The van der Waals surface area contributed by atoms with Crippen LogP contribution in [0.25, 0.3) is 71.4 Å². The zero-order valence-corrected chi connectivity index (χ0v) is 27.8. The van der Waals surface area contributed by atoms with Crippen molar-refractivity contribution in [3.8, 4) is 22.5 Å². The lowest BCUT2D eigenvalue weighted by molar-refractivity contribution is 0.631. The predicted molar refractivity (Wildman–Crippen MR) is 215 cm³/mol. The summed E-state index contributed by atoms with van der Waals surface area (Å²) in [7, 11) is 0. The molecule has 0 saturated heterocycles. The van der Waals surface area contributed by atoms with Crippen LogP contribution in [-0.2, 0) is 0 Å². The second-order valence-electron chi connectivity index (χ2n) is 12.7. The van der Waals surface area contributed by atoms with E-state index in [0.29, 0.717) is 11.4 Å². The molecule has 1 aromatic heterocycles. The lowest BCUT2D eigenvalue weighted by Gasteiger charge is -2.19. The Hall–Kier alpha value is -6.84. The summed E-state index contributed by atoms with van der Waals surface area (Å²) in [5, 5.41) is 17.5. The van der Waals surface area contributed by atoms with E-state index in [1.807, 2.05) is 97.2 Å². The number of hydrogen-bond acceptors (Lipinski definition) is 3. The van der Waals surface area contributed by atoms with Gasteiger partial charge in [0.1, 0.15) is 11.3 Å². The highest BCUT2D eigenvalue weighted by Crippen LogP contribution is 2.45. The molecule has 8 aromatic carbocycles. The summed E-state index contributed by atoms with van der Waals surface area (Å²) in [5.74, 6) is 0.730. The van der Waals surface area contributed by atoms with Gasteiger partial charge in [-0.1, -0.05) is 164 Å². The number of aliphatic imine (C=N–C) groups is 1. The summed E-state index contributed by atoms with van der Waals surface area (Å²) in [6.45, 7) is 0. The number of hydrogen-bond donors (Lipinski definition) is 1. The van der Waals surface area contributed by atoms with Crippen molar-refractivity contribution in [1.82, 2.24) is 0 Å². The third-order valence-corrected chi connectivity index (χ3v) is 9.57. The van der Waals surface area contributed by atoms with Crippen LogP contribution in [0.4, 0.5) is 0 Å². The minimum absolute atomic E-state index is 0.344. The highest BCUT2D eigenvalue weighted by molar-refractivity contribution is 6.27. The number of allylic oxidation sites excluding steroid dienone is 1. The molecule has 0 aliphatic rings. The maximum absolute atomic E-state index is 9.65. The number of nitrogens with one attached hydrogen (secondary N) is 1. The predicted octanol–water partition coefficient (Wildman–Crippen LogP) is 12.8. The summed E-state index contributed by atoms with van der Waals surface area (Å²) >= 11 is 0. The van der Waals surface area contributed by atoms with Gasteiger partial charge in [-0.25, -0.2) is 0 Å². The largest absolute Gasteiger partial charge is 0.456 e. The Labute approximate surface area is 296 Å². The second-order valence-corrected chi connectivity index (χ2v) is 12.7. The summed E-state index contributed by atoms with van der Waals surface area (Å²) in [6.07, 6.45) is 3.82. The molecule has 9 aromatic rings. The topological polar surface area (TPSA) is 49.4 Å². The Kier molecular flexibility index (Phi) is 7.64. The zero-order valence-electron chi connectivity index (χ0n) is 27.8. The van der Waals surface area contributed by atoms with Crippen molar-refractivity contribution in [2.75, 3.05) is 0 Å². The van der Waals surface area contributed by atoms with Crippen LogP contribution in [0.3, 0.4) is 0 Å². The molecule has 0 unspecified atom stereocenters. The first kappa shape index (κ1) is 30.2. The van der Waals surface area contributed by atoms with E-state index >= 15 is 0 Å². The van der Waals surface area contributed by atoms with Crippen molar-refractivity contribution in [3.63, 3.8) is 0 Å². The summed E-state index contributed by atoms with van der Waals surface area (Å²) < 4.78 is 6.30. The van der Waals surface area contributed by atoms with Gasteiger partial charge >= 0.3 is 0 Å². The quantitative estimate of drug-likeness (QED) is 0.104. The fourth-order valence-electron chi connectivity index (χ4n) is 7.25. The van der Waals surface area contributed by atoms with E-state index in [0.717, 1.165) is 60.7 Å². The Morgan fingerprint density at radius 2 is 1.20 bits per heavy atom. The van der Waals surface area contributed by atoms with Gasteiger partial charge in [0.2, 0.25) is 0 Å². The number of benzene rings is 8. The Morgan fingerprint density at radius 1 is 0.549 bits per heavy atom. The number of rotatable bonds is 7. The molecular formula is C48H32N2O. The molecule has 0 fully saturated rings. The van der Waals surface area contributed by atoms with Crippen molar-refractivity contribution < 1.29 is 4.42 Å². The summed E-state index contributed by atoms with van der Waals surface area (Å²) in [6, 6.07) is 60.4. The maximum Gasteiger partial charge on any atom is 0.136 e. The molecular weight excluding hydrogens is 621 g/mol. The molecule has 0 spiro atoms. The first-order valence-corrected chi connectivity index (χ1v) is 17.1. The van der Waals surface area contributed by atoms with Crippen LogP contribution >= 0.6 is 0 Å². The van der Waals surface area contributed by atoms with Crippen molar-refractivity contribution in [3.05, 3.63) is 199 Å². The highest BCUT2D eigenvalue weighted by atomic mass is 16.3. The van der Waals surface area contributed by atoms with Gasteiger partial charge in [-0.05, 0) is 67.2 Å². The molecule has 0 amide bonds. The Balaban J connectivity index is 1.34. The second kappa shape index (κ2) is 12.9. The Bertz CT molecular complexity index is 2780. The molecule has 3 nitrogen and oxygen atoms in total. The molecule has 0 saturated carbocycles. The minimum Gasteiger partial charge on any atom is -0.456 e. The van der Waals surface area contributed by atoms with Gasteiger partial charge in [-0.15, -0.1) is 0 Å². The minimum atomic E-state index is 0.344. The fourth-order valence-corrected chi connectivity index (χ4v) is 7.25. The van der Waals surface area contributed by atoms with Crippen LogP contribution in [0.15, 0.2) is 191 Å². The van der Waals surface area contributed by atoms with Crippen molar-refractivity contribution >= 4 is 60.9 Å². The van der Waals surface area contributed by atoms with Gasteiger partial charge in [-0.3, -0.25) is 4.99 Å². The van der Waals surface area contributed by atoms with Gasteiger partial charge in [0, 0.05) is 28.3 Å². The normalized spacial score (nSPS) is 12.0. The molecule has 0 radical (unpaired) electrons. The summed E-state index contributed by atoms with van der Waals surface area (Å²) in [5.41, 5.74) is 7.83. The van der Waals surface area contributed by atoms with E-state index in [1.165, 1.54) is 21.7 Å². The third kappa shape index (κ3) is 5.51. The van der Waals surface area contributed by atoms with E-state index in [4.69, 9.17) is 9.41 Å². The van der Waals surface area contributed by atoms with Gasteiger partial charge in [0.05, 0.1) is 11.4 Å². The molecule has 1 heterocycles. The first-order valence-electron chi connectivity index (χ1n) is 17.1. The average molecular weight is 653 g/mol. The van der Waals surface area contributed by atoms with E-state index in [-0.39, 0.29) is 0 Å². The zero-order chi connectivity index (χ0) is 34.1. The van der Waals surface area contributed by atoms with E-state index in [2.05, 4.69) is 91.0 Å². The molecule has 0 aliphatic carbocycles. The van der Waals surface area contributed by atoms with Crippen LogP contribution in [-0.4, -0.2) is 11.9 Å². The number of nitrogens with zero attached hydrogens (tertiary/aromatic N) is 1. The van der Waals surface area contributed by atoms with E-state index in [1.54, 1.807) is 0 Å². The molecule has 0 bridgehead atoms. The Morgan fingerprint density at radius 3 is 2.00 bits per heavy atom. The van der Waals surface area contributed by atoms with Crippen LogP contribution < -0.4 is 0 Å². The lowest BCUT2D eigenvalue weighted by atomic mass is 9.85. The first-order chi connectivity index (χ1) is 25.2. The van der Waals surface area contributed by atoms with Gasteiger partial charge in [-0.2, -0.15) is 0 Å². The molecule has 0 aliphatic heterocycles. The average Bonchev–Trinajstić information content (AvgIpc) is 3.64. The van der Waals surface area contributed by atoms with Crippen molar-refractivity contribution in [2.45, 2.75) is 0 Å². The SMILES string of the molecule is N=C(/C=C(\N=Cc1ccccc1)c1c2ccccc2c(-c2ccccc2)c2c1ccc1ccccc12)c1ccccc1-c1cc2ccccc2o1. The summed E-state index contributed by atoms with van der Waals surface area (Å²) in [4.78, 5) is 5.22. The molecule has 240 valence electrons. The van der Waals surface area contributed by atoms with Crippen LogP contribution in [0, 0.1) is 5.41 Å². The van der Waals surface area contributed by atoms with Crippen molar-refractivity contribution in [1.29, 1.82) is 5.41 Å². The number of fused-ring (bicyclic) bond motifs is 5.